The summed E-state index contributed by atoms with van der Waals surface area (Å²) in [4.78, 5) is 12.3. The van der Waals surface area contributed by atoms with Gasteiger partial charge in [0.25, 0.3) is 6.01 Å². The van der Waals surface area contributed by atoms with Gasteiger partial charge in [-0.2, -0.15) is 4.98 Å². The van der Waals surface area contributed by atoms with Crippen LogP contribution in [0.15, 0.2) is 41.3 Å². The van der Waals surface area contributed by atoms with E-state index in [4.69, 9.17) is 9.15 Å². The fraction of sp³-hybridized carbons (Fsp3) is 0.370. The van der Waals surface area contributed by atoms with Crippen molar-refractivity contribution in [2.24, 2.45) is 0 Å². The van der Waals surface area contributed by atoms with Crippen LogP contribution in [0, 0.1) is 6.92 Å². The number of hydrogen-bond donors (Lipinski definition) is 1. The van der Waals surface area contributed by atoms with Gasteiger partial charge in [-0.05, 0) is 55.9 Å². The molecule has 0 saturated carbocycles. The van der Waals surface area contributed by atoms with Gasteiger partial charge >= 0.3 is 0 Å². The van der Waals surface area contributed by atoms with E-state index in [1.54, 1.807) is 12.2 Å². The summed E-state index contributed by atoms with van der Waals surface area (Å²) in [7, 11) is 2.02. The molecule has 34 heavy (non-hydrogen) atoms. The molecule has 0 aliphatic carbocycles. The average Bonchev–Trinajstić information content (AvgIpc) is 3.39. The molecule has 1 aliphatic heterocycles. The molecule has 1 N–H and O–H groups in total. The summed E-state index contributed by atoms with van der Waals surface area (Å²) in [5.74, 6) is 0.432. The summed E-state index contributed by atoms with van der Waals surface area (Å²) in [6.45, 7) is 17.0. The summed E-state index contributed by atoms with van der Waals surface area (Å²) < 4.78 is 24.7. The van der Waals surface area contributed by atoms with Gasteiger partial charge in [0, 0.05) is 55.9 Å². The molecule has 0 aromatic carbocycles. The topological polar surface area (TPSA) is 57.5 Å². The second-order valence-electron chi connectivity index (χ2n) is 8.26. The molecule has 3 heterocycles. The Bertz CT molecular complexity index is 1190. The summed E-state index contributed by atoms with van der Waals surface area (Å²) in [5.41, 5.74) is 3.92. The second kappa shape index (κ2) is 11.7. The molecule has 6 nitrogen and oxygen atoms in total. The summed E-state index contributed by atoms with van der Waals surface area (Å²) in [6, 6.07) is 0.585. The van der Waals surface area contributed by atoms with E-state index < -0.39 is 0 Å². The minimum atomic E-state index is -0.223. The number of H-pyrrole nitrogens is 1. The minimum absolute atomic E-state index is 0.223. The third kappa shape index (κ3) is 5.97. The number of hydrogen-bond acceptors (Lipinski definition) is 5. The lowest BCUT2D eigenvalue weighted by Gasteiger charge is -2.24. The van der Waals surface area contributed by atoms with Crippen LogP contribution in [0.4, 0.5) is 10.4 Å². The third-order valence-corrected chi connectivity index (χ3v) is 5.97. The number of anilines is 1. The molecule has 0 amide bonds. The number of allylic oxidation sites excluding steroid dienone is 3. The quantitative estimate of drug-likeness (QED) is 0.567. The molecule has 0 bridgehead atoms. The molecule has 2 aromatic rings. The number of aromatic nitrogens is 2. The van der Waals surface area contributed by atoms with Crippen molar-refractivity contribution in [1.82, 2.24) is 14.9 Å². The Labute approximate surface area is 201 Å². The van der Waals surface area contributed by atoms with Gasteiger partial charge in [0.05, 0.1) is 19.0 Å². The van der Waals surface area contributed by atoms with Gasteiger partial charge in [0.1, 0.15) is 5.69 Å². The predicted octanol–water partition coefficient (Wildman–Crippen LogP) is 3.95. The molecule has 0 atom stereocenters. The van der Waals surface area contributed by atoms with Gasteiger partial charge in [-0.3, -0.25) is 0 Å². The molecule has 0 spiro atoms. The number of halogens is 1. The second-order valence-corrected chi connectivity index (χ2v) is 8.26. The number of nitrogens with zero attached hydrogens (tertiary/aromatic N) is 3. The van der Waals surface area contributed by atoms with Crippen LogP contribution in [-0.4, -0.2) is 54.8 Å². The van der Waals surface area contributed by atoms with Gasteiger partial charge in [-0.1, -0.05) is 19.2 Å². The highest BCUT2D eigenvalue weighted by Gasteiger charge is 2.19. The highest BCUT2D eigenvalue weighted by molar-refractivity contribution is 5.62. The van der Waals surface area contributed by atoms with E-state index >= 15 is 0 Å². The van der Waals surface area contributed by atoms with Crippen molar-refractivity contribution in [3.63, 3.8) is 0 Å². The number of rotatable bonds is 9. The smallest absolute Gasteiger partial charge is 0.298 e. The lowest BCUT2D eigenvalue weighted by atomic mass is 10.1. The maximum Gasteiger partial charge on any atom is 0.298 e. The van der Waals surface area contributed by atoms with Crippen LogP contribution < -0.4 is 15.5 Å². The lowest BCUT2D eigenvalue weighted by Crippen LogP contribution is -2.36. The molecular weight excluding hydrogens is 431 g/mol. The molecule has 2 aromatic heterocycles. The summed E-state index contributed by atoms with van der Waals surface area (Å²) in [6.07, 6.45) is 11.6. The number of morpholine rings is 1. The number of oxazole rings is 1. The van der Waals surface area contributed by atoms with E-state index in [1.165, 1.54) is 18.6 Å². The molecule has 3 rings (SSSR count). The van der Waals surface area contributed by atoms with Gasteiger partial charge in [0.2, 0.25) is 0 Å². The van der Waals surface area contributed by atoms with Gasteiger partial charge in [0.15, 0.2) is 5.76 Å². The maximum absolute atomic E-state index is 13.2. The van der Waals surface area contributed by atoms with Crippen molar-refractivity contribution in [2.45, 2.75) is 27.2 Å². The van der Waals surface area contributed by atoms with Crippen molar-refractivity contribution in [2.75, 3.05) is 44.8 Å². The van der Waals surface area contributed by atoms with E-state index in [0.29, 0.717) is 30.7 Å². The third-order valence-electron chi connectivity index (χ3n) is 5.97. The van der Waals surface area contributed by atoms with Crippen LogP contribution >= 0.6 is 0 Å². The van der Waals surface area contributed by atoms with Crippen molar-refractivity contribution in [1.29, 1.82) is 0 Å². The molecule has 0 unspecified atom stereocenters. The van der Waals surface area contributed by atoms with E-state index in [1.807, 2.05) is 32.2 Å². The van der Waals surface area contributed by atoms with Crippen molar-refractivity contribution in [3.05, 3.63) is 70.1 Å². The first kappa shape index (κ1) is 25.3. The Morgan fingerprint density at radius 1 is 1.29 bits per heavy atom. The van der Waals surface area contributed by atoms with Crippen molar-refractivity contribution in [3.8, 4) is 0 Å². The van der Waals surface area contributed by atoms with E-state index in [0.717, 1.165) is 48.0 Å². The van der Waals surface area contributed by atoms with Gasteiger partial charge in [-0.25, -0.2) is 4.39 Å². The lowest BCUT2D eigenvalue weighted by molar-refractivity contribution is 0.120. The van der Waals surface area contributed by atoms with Crippen LogP contribution in [0.25, 0.3) is 24.3 Å². The first-order valence-corrected chi connectivity index (χ1v) is 11.6. The number of ether oxygens (including phenoxy) is 1. The van der Waals surface area contributed by atoms with Crippen molar-refractivity contribution >= 4 is 30.3 Å². The van der Waals surface area contributed by atoms with Crippen LogP contribution in [-0.2, 0) is 11.2 Å². The highest BCUT2D eigenvalue weighted by Crippen LogP contribution is 2.24. The Morgan fingerprint density at radius 2 is 2.03 bits per heavy atom. The molecule has 1 fully saturated rings. The van der Waals surface area contributed by atoms with Crippen molar-refractivity contribution < 1.29 is 13.5 Å². The fourth-order valence-electron chi connectivity index (χ4n) is 3.98. The monoisotopic (exact) mass is 466 g/mol. The Hall–Kier alpha value is -3.32. The molecule has 1 aliphatic rings. The van der Waals surface area contributed by atoms with E-state index in [-0.39, 0.29) is 5.83 Å². The Kier molecular flexibility index (Phi) is 8.71. The fourth-order valence-corrected chi connectivity index (χ4v) is 3.98. The van der Waals surface area contributed by atoms with Crippen LogP contribution in [0.1, 0.15) is 36.6 Å². The average molecular weight is 467 g/mol. The van der Waals surface area contributed by atoms with Crippen LogP contribution in [0.2, 0.25) is 0 Å². The normalized spacial score (nSPS) is 16.3. The zero-order valence-electron chi connectivity index (χ0n) is 20.7. The highest BCUT2D eigenvalue weighted by atomic mass is 19.1. The zero-order chi connectivity index (χ0) is 24.7. The molecule has 7 heteroatoms. The Morgan fingerprint density at radius 3 is 2.65 bits per heavy atom. The minimum Gasteiger partial charge on any atom is -0.423 e. The largest absolute Gasteiger partial charge is 0.423 e. The number of aromatic amines is 1. The zero-order valence-corrected chi connectivity index (χ0v) is 20.7. The molecule has 1 saturated heterocycles. The number of likely N-dealkylation sites (N-methyl/N-ethyl adjacent to an activating group) is 1. The van der Waals surface area contributed by atoms with Gasteiger partial charge in [-0.15, -0.1) is 0 Å². The SMILES string of the molecule is C=C/C(=C\c1oc(N2CCOCC2)nc1C=C)N(C)CCc1[nH]c(=C/C=C(\C)F)/c(=C\C)c1C. The maximum atomic E-state index is 13.2. The summed E-state index contributed by atoms with van der Waals surface area (Å²) >= 11 is 0. The van der Waals surface area contributed by atoms with Crippen LogP contribution in [0.3, 0.4) is 0 Å². The molecule has 0 radical (unpaired) electrons. The standard InChI is InChI=1S/C27H35FN4O2/c1-7-21(18-26-23(9-3)30-27(34-26)32-14-16-33-17-15-32)31(6)13-12-24-20(5)22(8-2)25(29-24)11-10-19(4)28/h7-11,18,29H,1,3,12-17H2,2,4-6H3/b19-10+,21-18+,22-8-,25-11+. The predicted molar refractivity (Wildman–Crippen MR) is 138 cm³/mol. The molecule has 182 valence electrons. The molecular formula is C27H35FN4O2. The van der Waals surface area contributed by atoms with Gasteiger partial charge < -0.3 is 23.9 Å². The first-order valence-electron chi connectivity index (χ1n) is 11.6. The number of nitrogens with one attached hydrogen (secondary N) is 1. The van der Waals surface area contributed by atoms with Crippen LogP contribution in [0.5, 0.6) is 0 Å². The summed E-state index contributed by atoms with van der Waals surface area (Å²) in [5, 5.41) is 2.02. The van der Waals surface area contributed by atoms with E-state index in [2.05, 4.69) is 39.8 Å². The Balaban J connectivity index is 1.79. The van der Waals surface area contributed by atoms with E-state index in [9.17, 15) is 4.39 Å². The first-order chi connectivity index (χ1) is 16.4.